The summed E-state index contributed by atoms with van der Waals surface area (Å²) in [7, 11) is 4.15. The standard InChI is InChI=1S/C16H28N2/c1-16(2,3)17-13-7-6-8-14-9-11-15(12-10-14)18(4)5/h9-12,17H,6-8,13H2,1-5H3. The van der Waals surface area contributed by atoms with Crippen molar-refractivity contribution in [2.24, 2.45) is 0 Å². The summed E-state index contributed by atoms with van der Waals surface area (Å²) in [6.07, 6.45) is 3.68. The molecule has 0 aromatic heterocycles. The van der Waals surface area contributed by atoms with Crippen molar-refractivity contribution >= 4 is 5.69 Å². The quantitative estimate of drug-likeness (QED) is 0.776. The molecule has 0 fully saturated rings. The van der Waals surface area contributed by atoms with Gasteiger partial charge in [0, 0.05) is 25.3 Å². The average molecular weight is 248 g/mol. The van der Waals surface area contributed by atoms with Crippen LogP contribution in [0.4, 0.5) is 5.69 Å². The highest BCUT2D eigenvalue weighted by Crippen LogP contribution is 2.13. The van der Waals surface area contributed by atoms with E-state index in [1.165, 1.54) is 30.5 Å². The molecule has 0 atom stereocenters. The van der Waals surface area contributed by atoms with Gasteiger partial charge in [0.25, 0.3) is 0 Å². The Morgan fingerprint density at radius 1 is 1.00 bits per heavy atom. The topological polar surface area (TPSA) is 15.3 Å². The van der Waals surface area contributed by atoms with Gasteiger partial charge in [0.15, 0.2) is 0 Å². The SMILES string of the molecule is CN(C)c1ccc(CCCCNC(C)(C)C)cc1. The Balaban J connectivity index is 2.23. The van der Waals surface area contributed by atoms with E-state index in [-0.39, 0.29) is 5.54 Å². The molecule has 0 spiro atoms. The minimum Gasteiger partial charge on any atom is -0.378 e. The predicted octanol–water partition coefficient (Wildman–Crippen LogP) is 3.46. The van der Waals surface area contributed by atoms with Crippen LogP contribution < -0.4 is 10.2 Å². The molecular formula is C16H28N2. The number of unbranched alkanes of at least 4 members (excludes halogenated alkanes) is 1. The number of rotatable bonds is 6. The highest BCUT2D eigenvalue weighted by atomic mass is 15.1. The molecule has 0 aliphatic rings. The Bertz CT molecular complexity index is 333. The van der Waals surface area contributed by atoms with Crippen LogP contribution in [0.3, 0.4) is 0 Å². The molecule has 2 heteroatoms. The van der Waals surface area contributed by atoms with Crippen LogP contribution in [0.5, 0.6) is 0 Å². The molecule has 0 heterocycles. The van der Waals surface area contributed by atoms with Gasteiger partial charge in [0.05, 0.1) is 0 Å². The van der Waals surface area contributed by atoms with Gasteiger partial charge in [-0.05, 0) is 64.3 Å². The fraction of sp³-hybridized carbons (Fsp3) is 0.625. The van der Waals surface area contributed by atoms with E-state index in [1.807, 2.05) is 0 Å². The number of benzene rings is 1. The average Bonchev–Trinajstić information content (AvgIpc) is 2.27. The number of aryl methyl sites for hydroxylation is 1. The third kappa shape index (κ3) is 6.06. The number of hydrogen-bond acceptors (Lipinski definition) is 2. The van der Waals surface area contributed by atoms with E-state index >= 15 is 0 Å². The fourth-order valence-corrected chi connectivity index (χ4v) is 1.88. The van der Waals surface area contributed by atoms with Gasteiger partial charge in [0.1, 0.15) is 0 Å². The Hall–Kier alpha value is -1.02. The first-order chi connectivity index (χ1) is 8.38. The van der Waals surface area contributed by atoms with E-state index in [0.717, 1.165) is 6.54 Å². The third-order valence-corrected chi connectivity index (χ3v) is 3.00. The molecule has 0 aliphatic heterocycles. The van der Waals surface area contributed by atoms with E-state index in [2.05, 4.69) is 69.3 Å². The van der Waals surface area contributed by atoms with E-state index in [9.17, 15) is 0 Å². The Kier molecular flexibility index (Phi) is 5.67. The maximum absolute atomic E-state index is 3.53. The summed E-state index contributed by atoms with van der Waals surface area (Å²) in [4.78, 5) is 2.14. The highest BCUT2D eigenvalue weighted by Gasteiger charge is 2.06. The summed E-state index contributed by atoms with van der Waals surface area (Å²) in [6, 6.07) is 8.88. The minimum absolute atomic E-state index is 0.243. The van der Waals surface area contributed by atoms with Crippen LogP contribution in [0.1, 0.15) is 39.2 Å². The van der Waals surface area contributed by atoms with Crippen LogP contribution in [0, 0.1) is 0 Å². The van der Waals surface area contributed by atoms with Crippen LogP contribution in [-0.4, -0.2) is 26.2 Å². The van der Waals surface area contributed by atoms with E-state index in [4.69, 9.17) is 0 Å². The van der Waals surface area contributed by atoms with Crippen molar-refractivity contribution in [1.82, 2.24) is 5.32 Å². The summed E-state index contributed by atoms with van der Waals surface area (Å²) in [5, 5.41) is 3.53. The second kappa shape index (κ2) is 6.79. The van der Waals surface area contributed by atoms with Crippen molar-refractivity contribution < 1.29 is 0 Å². The molecule has 0 amide bonds. The summed E-state index contributed by atoms with van der Waals surface area (Å²) in [5.41, 5.74) is 2.96. The Morgan fingerprint density at radius 3 is 2.11 bits per heavy atom. The smallest absolute Gasteiger partial charge is 0.0361 e. The Labute approximate surface area is 112 Å². The molecule has 0 aliphatic carbocycles. The zero-order chi connectivity index (χ0) is 13.6. The van der Waals surface area contributed by atoms with Gasteiger partial charge in [-0.15, -0.1) is 0 Å². The fourth-order valence-electron chi connectivity index (χ4n) is 1.88. The number of anilines is 1. The van der Waals surface area contributed by atoms with Crippen LogP contribution in [0.25, 0.3) is 0 Å². The lowest BCUT2D eigenvalue weighted by Gasteiger charge is -2.20. The Morgan fingerprint density at radius 2 is 1.61 bits per heavy atom. The molecule has 1 aromatic carbocycles. The van der Waals surface area contributed by atoms with E-state index in [0.29, 0.717) is 0 Å². The summed E-state index contributed by atoms with van der Waals surface area (Å²) >= 11 is 0. The zero-order valence-electron chi connectivity index (χ0n) is 12.6. The van der Waals surface area contributed by atoms with Crippen molar-refractivity contribution in [3.63, 3.8) is 0 Å². The van der Waals surface area contributed by atoms with Crippen molar-refractivity contribution in [2.75, 3.05) is 25.5 Å². The lowest BCUT2D eigenvalue weighted by atomic mass is 10.1. The van der Waals surface area contributed by atoms with Gasteiger partial charge in [-0.2, -0.15) is 0 Å². The predicted molar refractivity (Wildman–Crippen MR) is 81.5 cm³/mol. The van der Waals surface area contributed by atoms with Crippen LogP contribution in [0.2, 0.25) is 0 Å². The molecule has 0 saturated carbocycles. The van der Waals surface area contributed by atoms with Gasteiger partial charge in [-0.1, -0.05) is 12.1 Å². The second-order valence-electron chi connectivity index (χ2n) is 6.19. The van der Waals surface area contributed by atoms with Gasteiger partial charge in [-0.3, -0.25) is 0 Å². The lowest BCUT2D eigenvalue weighted by Crippen LogP contribution is -2.36. The van der Waals surface area contributed by atoms with Gasteiger partial charge >= 0.3 is 0 Å². The third-order valence-electron chi connectivity index (χ3n) is 3.00. The van der Waals surface area contributed by atoms with E-state index in [1.54, 1.807) is 0 Å². The molecular weight excluding hydrogens is 220 g/mol. The first kappa shape index (κ1) is 15.0. The van der Waals surface area contributed by atoms with Crippen LogP contribution >= 0.6 is 0 Å². The normalized spacial score (nSPS) is 11.6. The summed E-state index contributed by atoms with van der Waals surface area (Å²) < 4.78 is 0. The zero-order valence-corrected chi connectivity index (χ0v) is 12.6. The first-order valence-electron chi connectivity index (χ1n) is 6.90. The molecule has 1 aromatic rings. The van der Waals surface area contributed by atoms with Crippen molar-refractivity contribution in [3.05, 3.63) is 29.8 Å². The molecule has 0 radical (unpaired) electrons. The number of nitrogens with one attached hydrogen (secondary N) is 1. The molecule has 102 valence electrons. The van der Waals surface area contributed by atoms with E-state index < -0.39 is 0 Å². The van der Waals surface area contributed by atoms with Crippen molar-refractivity contribution in [3.8, 4) is 0 Å². The minimum atomic E-state index is 0.243. The number of nitrogens with zero attached hydrogens (tertiary/aromatic N) is 1. The summed E-state index contributed by atoms with van der Waals surface area (Å²) in [5.74, 6) is 0. The van der Waals surface area contributed by atoms with Crippen LogP contribution in [-0.2, 0) is 6.42 Å². The second-order valence-corrected chi connectivity index (χ2v) is 6.19. The molecule has 2 nitrogen and oxygen atoms in total. The van der Waals surface area contributed by atoms with Crippen molar-refractivity contribution in [2.45, 2.75) is 45.6 Å². The molecule has 1 rings (SSSR count). The first-order valence-corrected chi connectivity index (χ1v) is 6.90. The lowest BCUT2D eigenvalue weighted by molar-refractivity contribution is 0.419. The molecule has 0 unspecified atom stereocenters. The monoisotopic (exact) mass is 248 g/mol. The van der Waals surface area contributed by atoms with Gasteiger partial charge < -0.3 is 10.2 Å². The maximum atomic E-state index is 3.53. The molecule has 18 heavy (non-hydrogen) atoms. The highest BCUT2D eigenvalue weighted by molar-refractivity contribution is 5.45. The number of hydrogen-bond donors (Lipinski definition) is 1. The summed E-state index contributed by atoms with van der Waals surface area (Å²) in [6.45, 7) is 7.76. The molecule has 0 saturated heterocycles. The molecule has 1 N–H and O–H groups in total. The van der Waals surface area contributed by atoms with Gasteiger partial charge in [0.2, 0.25) is 0 Å². The molecule has 0 bridgehead atoms. The van der Waals surface area contributed by atoms with Gasteiger partial charge in [-0.25, -0.2) is 0 Å². The maximum Gasteiger partial charge on any atom is 0.0361 e. The largest absolute Gasteiger partial charge is 0.378 e. The van der Waals surface area contributed by atoms with Crippen LogP contribution in [0.15, 0.2) is 24.3 Å². The van der Waals surface area contributed by atoms with Crippen molar-refractivity contribution in [1.29, 1.82) is 0 Å².